The van der Waals surface area contributed by atoms with Gasteiger partial charge >= 0.3 is 0 Å². The van der Waals surface area contributed by atoms with Crippen molar-refractivity contribution < 1.29 is 14.3 Å². The molecule has 1 unspecified atom stereocenters. The zero-order valence-corrected chi connectivity index (χ0v) is 14.3. The fourth-order valence-corrected chi connectivity index (χ4v) is 3.57. The summed E-state index contributed by atoms with van der Waals surface area (Å²) in [5.41, 5.74) is 0.704. The van der Waals surface area contributed by atoms with Crippen molar-refractivity contribution in [1.82, 2.24) is 4.90 Å². The molecule has 2 amide bonds. The number of carbonyl (C=O) groups is 2. The fourth-order valence-electron chi connectivity index (χ4n) is 2.89. The number of hydrogen-bond acceptors (Lipinski definition) is 4. The normalized spacial score (nSPS) is 17.4. The minimum Gasteiger partial charge on any atom is -0.497 e. The second-order valence-electron chi connectivity index (χ2n) is 5.71. The number of anilines is 1. The maximum atomic E-state index is 12.7. The molecule has 1 aliphatic rings. The molecule has 1 aromatic heterocycles. The first-order chi connectivity index (χ1) is 11.7. The third-order valence-corrected chi connectivity index (χ3v) is 5.01. The highest BCUT2D eigenvalue weighted by Gasteiger charge is 2.33. The van der Waals surface area contributed by atoms with E-state index in [-0.39, 0.29) is 11.8 Å². The summed E-state index contributed by atoms with van der Waals surface area (Å²) in [4.78, 5) is 27.7. The number of rotatable bonds is 4. The molecule has 0 radical (unpaired) electrons. The summed E-state index contributed by atoms with van der Waals surface area (Å²) in [7, 11) is 1.60. The standard InChI is InChI=1S/C18H20N2O3S/c1-23-14-9-7-13(8-10-14)19-17(21)15-5-2-3-11-20(15)18(22)16-6-4-12-24-16/h4,6-10,12,15H,2-3,5,11H2,1H3,(H,19,21). The third-order valence-electron chi connectivity index (χ3n) is 4.16. The topological polar surface area (TPSA) is 58.6 Å². The second-order valence-corrected chi connectivity index (χ2v) is 6.65. The maximum absolute atomic E-state index is 12.7. The van der Waals surface area contributed by atoms with E-state index in [4.69, 9.17) is 4.74 Å². The van der Waals surface area contributed by atoms with Gasteiger partial charge in [-0.3, -0.25) is 9.59 Å². The number of carbonyl (C=O) groups excluding carboxylic acids is 2. The summed E-state index contributed by atoms with van der Waals surface area (Å²) >= 11 is 1.41. The Balaban J connectivity index is 1.72. The number of nitrogens with zero attached hydrogens (tertiary/aromatic N) is 1. The van der Waals surface area contributed by atoms with Crippen LogP contribution in [-0.4, -0.2) is 36.4 Å². The van der Waals surface area contributed by atoms with Gasteiger partial charge in [0.2, 0.25) is 5.91 Å². The molecule has 24 heavy (non-hydrogen) atoms. The zero-order valence-electron chi connectivity index (χ0n) is 13.5. The Morgan fingerprint density at radius 2 is 2.00 bits per heavy atom. The predicted molar refractivity (Wildman–Crippen MR) is 94.6 cm³/mol. The lowest BCUT2D eigenvalue weighted by molar-refractivity contribution is -0.121. The fraction of sp³-hybridized carbons (Fsp3) is 0.333. The first-order valence-electron chi connectivity index (χ1n) is 7.98. The minimum atomic E-state index is -0.421. The predicted octanol–water partition coefficient (Wildman–Crippen LogP) is 3.39. The molecule has 2 aromatic rings. The first kappa shape index (κ1) is 16.5. The van der Waals surface area contributed by atoms with Gasteiger partial charge in [-0.2, -0.15) is 0 Å². The molecule has 0 bridgehead atoms. The number of piperidine rings is 1. The highest BCUT2D eigenvalue weighted by molar-refractivity contribution is 7.12. The van der Waals surface area contributed by atoms with Crippen molar-refractivity contribution in [3.63, 3.8) is 0 Å². The summed E-state index contributed by atoms with van der Waals surface area (Å²) in [6.07, 6.45) is 2.58. The van der Waals surface area contributed by atoms with Crippen LogP contribution in [0.5, 0.6) is 5.75 Å². The van der Waals surface area contributed by atoms with Crippen molar-refractivity contribution in [1.29, 1.82) is 0 Å². The molecule has 1 atom stereocenters. The molecule has 5 nitrogen and oxygen atoms in total. The van der Waals surface area contributed by atoms with E-state index in [0.717, 1.165) is 18.6 Å². The number of nitrogens with one attached hydrogen (secondary N) is 1. The van der Waals surface area contributed by atoms with E-state index in [9.17, 15) is 9.59 Å². The number of likely N-dealkylation sites (tertiary alicyclic amines) is 1. The van der Waals surface area contributed by atoms with Crippen molar-refractivity contribution in [2.24, 2.45) is 0 Å². The van der Waals surface area contributed by atoms with Crippen LogP contribution in [0.4, 0.5) is 5.69 Å². The van der Waals surface area contributed by atoms with Gasteiger partial charge in [0, 0.05) is 12.2 Å². The molecule has 0 aliphatic carbocycles. The van der Waals surface area contributed by atoms with Crippen LogP contribution in [0.2, 0.25) is 0 Å². The van der Waals surface area contributed by atoms with Crippen molar-refractivity contribution in [3.05, 3.63) is 46.7 Å². The summed E-state index contributed by atoms with van der Waals surface area (Å²) in [5, 5.41) is 4.79. The molecular weight excluding hydrogens is 324 g/mol. The molecule has 2 heterocycles. The zero-order chi connectivity index (χ0) is 16.9. The van der Waals surface area contributed by atoms with Crippen LogP contribution in [0.1, 0.15) is 28.9 Å². The third kappa shape index (κ3) is 3.59. The lowest BCUT2D eigenvalue weighted by atomic mass is 10.0. The van der Waals surface area contributed by atoms with Gasteiger partial charge in [0.05, 0.1) is 12.0 Å². The van der Waals surface area contributed by atoms with Crippen LogP contribution in [0.15, 0.2) is 41.8 Å². The van der Waals surface area contributed by atoms with Gasteiger partial charge in [0.1, 0.15) is 11.8 Å². The highest BCUT2D eigenvalue weighted by atomic mass is 32.1. The minimum absolute atomic E-state index is 0.0559. The van der Waals surface area contributed by atoms with Crippen LogP contribution in [-0.2, 0) is 4.79 Å². The van der Waals surface area contributed by atoms with Crippen molar-refractivity contribution in [2.45, 2.75) is 25.3 Å². The van der Waals surface area contributed by atoms with E-state index >= 15 is 0 Å². The van der Waals surface area contributed by atoms with Gasteiger partial charge < -0.3 is 15.0 Å². The number of thiophene rings is 1. The first-order valence-corrected chi connectivity index (χ1v) is 8.86. The monoisotopic (exact) mass is 344 g/mol. The van der Waals surface area contributed by atoms with E-state index in [0.29, 0.717) is 23.5 Å². The molecular formula is C18H20N2O3S. The number of benzene rings is 1. The Morgan fingerprint density at radius 1 is 1.21 bits per heavy atom. The molecule has 126 valence electrons. The van der Waals surface area contributed by atoms with Crippen LogP contribution < -0.4 is 10.1 Å². The molecule has 1 N–H and O–H groups in total. The van der Waals surface area contributed by atoms with Gasteiger partial charge in [-0.25, -0.2) is 0 Å². The summed E-state index contributed by atoms with van der Waals surface area (Å²) in [6, 6.07) is 10.4. The Kier molecular flexibility index (Phi) is 5.15. The number of ether oxygens (including phenoxy) is 1. The van der Waals surface area contributed by atoms with Crippen LogP contribution in [0, 0.1) is 0 Å². The molecule has 6 heteroatoms. The Morgan fingerprint density at radius 3 is 2.67 bits per heavy atom. The molecule has 1 aliphatic heterocycles. The Hall–Kier alpha value is -2.34. The van der Waals surface area contributed by atoms with E-state index in [1.807, 2.05) is 11.4 Å². The number of amides is 2. The molecule has 0 spiro atoms. The summed E-state index contributed by atoms with van der Waals surface area (Å²) < 4.78 is 5.12. The van der Waals surface area contributed by atoms with Crippen LogP contribution in [0.3, 0.4) is 0 Å². The number of methoxy groups -OCH3 is 1. The van der Waals surface area contributed by atoms with Gasteiger partial charge in [0.15, 0.2) is 0 Å². The average molecular weight is 344 g/mol. The van der Waals surface area contributed by atoms with Crippen molar-refractivity contribution >= 4 is 28.8 Å². The molecule has 1 fully saturated rings. The van der Waals surface area contributed by atoms with E-state index in [1.165, 1.54) is 11.3 Å². The molecule has 0 saturated carbocycles. The molecule has 1 saturated heterocycles. The van der Waals surface area contributed by atoms with E-state index < -0.39 is 6.04 Å². The number of hydrogen-bond donors (Lipinski definition) is 1. The van der Waals surface area contributed by atoms with Gasteiger partial charge in [-0.05, 0) is 55.0 Å². The smallest absolute Gasteiger partial charge is 0.264 e. The van der Waals surface area contributed by atoms with Crippen LogP contribution in [0.25, 0.3) is 0 Å². The quantitative estimate of drug-likeness (QED) is 0.925. The lowest BCUT2D eigenvalue weighted by Crippen LogP contribution is -2.49. The maximum Gasteiger partial charge on any atom is 0.264 e. The Bertz CT molecular complexity index is 698. The molecule has 3 rings (SSSR count). The highest BCUT2D eigenvalue weighted by Crippen LogP contribution is 2.23. The van der Waals surface area contributed by atoms with Gasteiger partial charge in [-0.1, -0.05) is 6.07 Å². The summed E-state index contributed by atoms with van der Waals surface area (Å²) in [5.74, 6) is 0.546. The largest absolute Gasteiger partial charge is 0.497 e. The second kappa shape index (κ2) is 7.49. The molecule has 1 aromatic carbocycles. The van der Waals surface area contributed by atoms with Crippen molar-refractivity contribution in [2.75, 3.05) is 19.0 Å². The van der Waals surface area contributed by atoms with E-state index in [1.54, 1.807) is 42.3 Å². The van der Waals surface area contributed by atoms with E-state index in [2.05, 4.69) is 5.32 Å². The van der Waals surface area contributed by atoms with Crippen molar-refractivity contribution in [3.8, 4) is 5.75 Å². The van der Waals surface area contributed by atoms with Gasteiger partial charge in [0.25, 0.3) is 5.91 Å². The Labute approximate surface area is 145 Å². The average Bonchev–Trinajstić information content (AvgIpc) is 3.16. The lowest BCUT2D eigenvalue weighted by Gasteiger charge is -2.34. The summed E-state index contributed by atoms with van der Waals surface area (Å²) in [6.45, 7) is 0.622. The SMILES string of the molecule is COc1ccc(NC(=O)C2CCCCN2C(=O)c2cccs2)cc1. The van der Waals surface area contributed by atoms with Gasteiger partial charge in [-0.15, -0.1) is 11.3 Å². The van der Waals surface area contributed by atoms with Crippen LogP contribution >= 0.6 is 11.3 Å².